The highest BCUT2D eigenvalue weighted by molar-refractivity contribution is 5.89. The van der Waals surface area contributed by atoms with E-state index in [2.05, 4.69) is 9.72 Å². The number of nitrogens with zero attached hydrogens (tertiary/aromatic N) is 2. The number of benzene rings is 1. The van der Waals surface area contributed by atoms with Crippen LogP contribution in [0, 0.1) is 11.3 Å². The molecular weight excluding hydrogens is 302 g/mol. The highest BCUT2D eigenvalue weighted by Crippen LogP contribution is 2.34. The lowest BCUT2D eigenvalue weighted by atomic mass is 10.1. The molecule has 0 unspecified atom stereocenters. The number of para-hydroxylation sites is 1. The van der Waals surface area contributed by atoms with Gasteiger partial charge in [-0.2, -0.15) is 14.0 Å². The van der Waals surface area contributed by atoms with E-state index in [4.69, 9.17) is 4.74 Å². The van der Waals surface area contributed by atoms with Crippen molar-refractivity contribution in [2.45, 2.75) is 13.5 Å². The van der Waals surface area contributed by atoms with Crippen LogP contribution in [-0.2, 0) is 0 Å². The van der Waals surface area contributed by atoms with Crippen LogP contribution in [0.4, 0.5) is 8.78 Å². The summed E-state index contributed by atoms with van der Waals surface area (Å²) in [6.07, 6.45) is 3.00. The Kier molecular flexibility index (Phi) is 5.64. The van der Waals surface area contributed by atoms with Crippen molar-refractivity contribution in [3.63, 3.8) is 0 Å². The van der Waals surface area contributed by atoms with E-state index in [0.717, 1.165) is 0 Å². The number of ether oxygens (including phenoxy) is 2. The second-order valence-electron chi connectivity index (χ2n) is 4.37. The third kappa shape index (κ3) is 4.27. The Morgan fingerprint density at radius 1 is 1.30 bits per heavy atom. The molecule has 2 rings (SSSR count). The SMILES string of the molecule is CCOc1cccc(C=C(C#N)c2ccccn2)c1OC(F)F. The number of halogens is 2. The summed E-state index contributed by atoms with van der Waals surface area (Å²) in [5.74, 6) is 0.0906. The zero-order valence-electron chi connectivity index (χ0n) is 12.4. The molecule has 0 aliphatic carbocycles. The number of rotatable bonds is 6. The van der Waals surface area contributed by atoms with Gasteiger partial charge in [0.1, 0.15) is 6.07 Å². The topological polar surface area (TPSA) is 55.1 Å². The monoisotopic (exact) mass is 316 g/mol. The highest BCUT2D eigenvalue weighted by Gasteiger charge is 2.15. The molecule has 0 bridgehead atoms. The van der Waals surface area contributed by atoms with Gasteiger partial charge in [-0.25, -0.2) is 0 Å². The Balaban J connectivity index is 2.51. The molecule has 1 aromatic heterocycles. The van der Waals surface area contributed by atoms with E-state index in [1.807, 2.05) is 6.07 Å². The minimum Gasteiger partial charge on any atom is -0.490 e. The van der Waals surface area contributed by atoms with Crippen LogP contribution in [0.2, 0.25) is 0 Å². The summed E-state index contributed by atoms with van der Waals surface area (Å²) in [6.45, 7) is -0.953. The average Bonchev–Trinajstić information content (AvgIpc) is 2.55. The van der Waals surface area contributed by atoms with Gasteiger partial charge in [-0.3, -0.25) is 4.98 Å². The first kappa shape index (κ1) is 16.4. The Morgan fingerprint density at radius 2 is 2.13 bits per heavy atom. The van der Waals surface area contributed by atoms with Crippen LogP contribution in [0.15, 0.2) is 42.6 Å². The predicted octanol–water partition coefficient (Wildman–Crippen LogP) is 4.15. The summed E-state index contributed by atoms with van der Waals surface area (Å²) in [7, 11) is 0. The van der Waals surface area contributed by atoms with Crippen LogP contribution < -0.4 is 9.47 Å². The Labute approximate surface area is 132 Å². The first-order valence-electron chi connectivity index (χ1n) is 6.89. The molecule has 0 radical (unpaired) electrons. The van der Waals surface area contributed by atoms with Gasteiger partial charge in [-0.05, 0) is 31.2 Å². The lowest BCUT2D eigenvalue weighted by Crippen LogP contribution is -2.06. The molecule has 0 N–H and O–H groups in total. The Morgan fingerprint density at radius 3 is 2.74 bits per heavy atom. The second-order valence-corrected chi connectivity index (χ2v) is 4.37. The maximum Gasteiger partial charge on any atom is 0.387 e. The number of hydrogen-bond acceptors (Lipinski definition) is 4. The van der Waals surface area contributed by atoms with Crippen molar-refractivity contribution in [1.82, 2.24) is 4.98 Å². The van der Waals surface area contributed by atoms with Gasteiger partial charge in [-0.15, -0.1) is 0 Å². The zero-order valence-corrected chi connectivity index (χ0v) is 12.4. The Bertz CT molecular complexity index is 725. The van der Waals surface area contributed by atoms with Gasteiger partial charge < -0.3 is 9.47 Å². The standard InChI is InChI=1S/C17H14F2N2O2/c1-2-22-15-8-5-6-12(16(15)23-17(18)19)10-13(11-20)14-7-3-4-9-21-14/h3-10,17H,2H2,1H3. The number of aromatic nitrogens is 1. The van der Waals surface area contributed by atoms with Crippen LogP contribution in [0.1, 0.15) is 18.2 Å². The molecule has 0 fully saturated rings. The molecule has 118 valence electrons. The molecule has 0 amide bonds. The molecule has 1 aromatic carbocycles. The molecule has 0 aliphatic rings. The molecule has 0 saturated carbocycles. The maximum absolute atomic E-state index is 12.7. The van der Waals surface area contributed by atoms with Crippen LogP contribution in [-0.4, -0.2) is 18.2 Å². The smallest absolute Gasteiger partial charge is 0.387 e. The average molecular weight is 316 g/mol. The lowest BCUT2D eigenvalue weighted by molar-refractivity contribution is -0.0515. The molecule has 1 heterocycles. The van der Waals surface area contributed by atoms with Crippen molar-refractivity contribution in [3.05, 3.63) is 53.9 Å². The van der Waals surface area contributed by atoms with E-state index in [1.54, 1.807) is 43.5 Å². The summed E-state index contributed by atoms with van der Waals surface area (Å²) in [4.78, 5) is 4.08. The third-order valence-electron chi connectivity index (χ3n) is 2.88. The number of allylic oxidation sites excluding steroid dienone is 1. The summed E-state index contributed by atoms with van der Waals surface area (Å²) in [5.41, 5.74) is 0.997. The molecule has 2 aromatic rings. The van der Waals surface area contributed by atoms with E-state index in [0.29, 0.717) is 17.9 Å². The molecule has 4 nitrogen and oxygen atoms in total. The van der Waals surface area contributed by atoms with Crippen molar-refractivity contribution < 1.29 is 18.3 Å². The van der Waals surface area contributed by atoms with Crippen molar-refractivity contribution in [3.8, 4) is 17.6 Å². The highest BCUT2D eigenvalue weighted by atomic mass is 19.3. The number of alkyl halides is 2. The number of pyridine rings is 1. The molecule has 0 saturated heterocycles. The minimum atomic E-state index is -3.00. The van der Waals surface area contributed by atoms with Crippen LogP contribution >= 0.6 is 0 Å². The Hall–Kier alpha value is -2.94. The zero-order chi connectivity index (χ0) is 16.7. The van der Waals surface area contributed by atoms with Gasteiger partial charge in [-0.1, -0.05) is 18.2 Å². The van der Waals surface area contributed by atoms with E-state index < -0.39 is 6.61 Å². The molecular formula is C17H14F2N2O2. The summed E-state index contributed by atoms with van der Waals surface area (Å²) in [5, 5.41) is 9.31. The second kappa shape index (κ2) is 7.90. The molecule has 0 aliphatic heterocycles. The van der Waals surface area contributed by atoms with Gasteiger partial charge in [0.15, 0.2) is 11.5 Å². The van der Waals surface area contributed by atoms with E-state index in [1.165, 1.54) is 12.1 Å². The van der Waals surface area contributed by atoms with E-state index in [-0.39, 0.29) is 17.1 Å². The number of hydrogen-bond donors (Lipinski definition) is 0. The fourth-order valence-electron chi connectivity index (χ4n) is 1.97. The fourth-order valence-corrected chi connectivity index (χ4v) is 1.97. The first-order chi connectivity index (χ1) is 11.2. The summed E-state index contributed by atoms with van der Waals surface area (Å²) < 4.78 is 35.3. The predicted molar refractivity (Wildman–Crippen MR) is 82.0 cm³/mol. The van der Waals surface area contributed by atoms with Crippen molar-refractivity contribution in [2.75, 3.05) is 6.61 Å². The molecule has 23 heavy (non-hydrogen) atoms. The van der Waals surface area contributed by atoms with Crippen LogP contribution in [0.3, 0.4) is 0 Å². The quantitative estimate of drug-likeness (QED) is 0.751. The van der Waals surface area contributed by atoms with Gasteiger partial charge >= 0.3 is 6.61 Å². The molecule has 0 atom stereocenters. The fraction of sp³-hybridized carbons (Fsp3) is 0.176. The minimum absolute atomic E-state index is 0.104. The summed E-state index contributed by atoms with van der Waals surface area (Å²) in [6, 6.07) is 11.9. The van der Waals surface area contributed by atoms with Crippen molar-refractivity contribution in [1.29, 1.82) is 5.26 Å². The molecule has 6 heteroatoms. The van der Waals surface area contributed by atoms with Gasteiger partial charge in [0, 0.05) is 11.8 Å². The summed E-state index contributed by atoms with van der Waals surface area (Å²) >= 11 is 0. The molecule has 0 spiro atoms. The number of nitriles is 1. The normalized spacial score (nSPS) is 11.2. The largest absolute Gasteiger partial charge is 0.490 e. The van der Waals surface area contributed by atoms with Gasteiger partial charge in [0.2, 0.25) is 0 Å². The van der Waals surface area contributed by atoms with Crippen molar-refractivity contribution in [2.24, 2.45) is 0 Å². The third-order valence-corrected chi connectivity index (χ3v) is 2.88. The van der Waals surface area contributed by atoms with E-state index >= 15 is 0 Å². The van der Waals surface area contributed by atoms with Gasteiger partial charge in [0.25, 0.3) is 0 Å². The van der Waals surface area contributed by atoms with E-state index in [9.17, 15) is 14.0 Å². The first-order valence-corrected chi connectivity index (χ1v) is 6.89. The van der Waals surface area contributed by atoms with Gasteiger partial charge in [0.05, 0.1) is 17.9 Å². The van der Waals surface area contributed by atoms with Crippen molar-refractivity contribution >= 4 is 11.6 Å². The van der Waals surface area contributed by atoms with Crippen LogP contribution in [0.25, 0.3) is 11.6 Å². The maximum atomic E-state index is 12.7. The van der Waals surface area contributed by atoms with Crippen LogP contribution in [0.5, 0.6) is 11.5 Å². The lowest BCUT2D eigenvalue weighted by Gasteiger charge is -2.13.